The van der Waals surface area contributed by atoms with E-state index in [0.29, 0.717) is 12.6 Å². The molecular formula is C15H24ClFN4. The van der Waals surface area contributed by atoms with Gasteiger partial charge >= 0.3 is 0 Å². The van der Waals surface area contributed by atoms with E-state index in [1.165, 1.54) is 19.3 Å². The van der Waals surface area contributed by atoms with Crippen LogP contribution < -0.4 is 5.32 Å². The van der Waals surface area contributed by atoms with E-state index in [1.807, 2.05) is 0 Å². The molecule has 1 fully saturated rings. The van der Waals surface area contributed by atoms with Crippen molar-refractivity contribution in [1.29, 1.82) is 0 Å². The quantitative estimate of drug-likeness (QED) is 0.812. The van der Waals surface area contributed by atoms with Gasteiger partial charge in [0.15, 0.2) is 11.6 Å². The van der Waals surface area contributed by atoms with Crippen LogP contribution in [0.5, 0.6) is 0 Å². The Morgan fingerprint density at radius 3 is 3.00 bits per heavy atom. The highest BCUT2D eigenvalue weighted by Crippen LogP contribution is 2.30. The molecular weight excluding hydrogens is 291 g/mol. The molecule has 0 aliphatic carbocycles. The lowest BCUT2D eigenvalue weighted by molar-refractivity contribution is 0.0976. The van der Waals surface area contributed by atoms with Crippen LogP contribution in [0.4, 0.5) is 10.2 Å². The van der Waals surface area contributed by atoms with E-state index >= 15 is 0 Å². The largest absolute Gasteiger partial charge is 0.367 e. The summed E-state index contributed by atoms with van der Waals surface area (Å²) in [7, 11) is 0. The van der Waals surface area contributed by atoms with Crippen LogP contribution in [0, 0.1) is 5.82 Å². The Labute approximate surface area is 131 Å². The molecule has 1 saturated heterocycles. The molecule has 118 valence electrons. The number of hydrogen-bond donors (Lipinski definition) is 1. The average Bonchev–Trinajstić information content (AvgIpc) is 2.92. The maximum Gasteiger partial charge on any atom is 0.224 e. The monoisotopic (exact) mass is 314 g/mol. The van der Waals surface area contributed by atoms with E-state index in [-0.39, 0.29) is 16.6 Å². The number of nitrogens with zero attached hydrogens (tertiary/aromatic N) is 3. The minimum atomic E-state index is -0.468. The Morgan fingerprint density at radius 2 is 2.29 bits per heavy atom. The molecule has 2 rings (SSSR count). The van der Waals surface area contributed by atoms with Crippen LogP contribution >= 0.6 is 11.6 Å². The molecule has 1 unspecified atom stereocenters. The Balaban J connectivity index is 1.91. The minimum absolute atomic E-state index is 0.0590. The summed E-state index contributed by atoms with van der Waals surface area (Å²) in [6.07, 6.45) is 5.75. The molecule has 6 heteroatoms. The SMILES string of the molecule is CCC1CCCN1C(C)(C)CCNc1nc(Cl)ncc1F. The van der Waals surface area contributed by atoms with E-state index in [4.69, 9.17) is 11.6 Å². The summed E-state index contributed by atoms with van der Waals surface area (Å²) < 4.78 is 13.6. The third kappa shape index (κ3) is 4.04. The fourth-order valence-electron chi connectivity index (χ4n) is 3.16. The van der Waals surface area contributed by atoms with Crippen LogP contribution in [-0.4, -0.2) is 39.5 Å². The van der Waals surface area contributed by atoms with Gasteiger partial charge in [-0.15, -0.1) is 0 Å². The van der Waals surface area contributed by atoms with Crippen molar-refractivity contribution in [2.45, 2.75) is 58.0 Å². The molecule has 0 bridgehead atoms. The van der Waals surface area contributed by atoms with Crippen molar-refractivity contribution >= 4 is 17.4 Å². The van der Waals surface area contributed by atoms with Crippen molar-refractivity contribution in [2.24, 2.45) is 0 Å². The second-order valence-corrected chi connectivity index (χ2v) is 6.56. The van der Waals surface area contributed by atoms with Crippen LogP contribution in [0.2, 0.25) is 5.28 Å². The number of hydrogen-bond acceptors (Lipinski definition) is 4. The predicted molar refractivity (Wildman–Crippen MR) is 84.2 cm³/mol. The Morgan fingerprint density at radius 1 is 1.52 bits per heavy atom. The van der Waals surface area contributed by atoms with Gasteiger partial charge in [0.05, 0.1) is 6.20 Å². The summed E-state index contributed by atoms with van der Waals surface area (Å²) >= 11 is 5.69. The molecule has 1 aliphatic heterocycles. The zero-order valence-corrected chi connectivity index (χ0v) is 13.8. The highest BCUT2D eigenvalue weighted by molar-refractivity contribution is 6.28. The van der Waals surface area contributed by atoms with Gasteiger partial charge in [0.25, 0.3) is 0 Å². The van der Waals surface area contributed by atoms with Gasteiger partial charge in [0, 0.05) is 18.1 Å². The van der Waals surface area contributed by atoms with Crippen LogP contribution in [0.25, 0.3) is 0 Å². The first kappa shape index (κ1) is 16.4. The molecule has 0 saturated carbocycles. The molecule has 1 aromatic rings. The second kappa shape index (κ2) is 6.88. The van der Waals surface area contributed by atoms with Crippen LogP contribution in [0.1, 0.15) is 46.5 Å². The molecule has 1 atom stereocenters. The van der Waals surface area contributed by atoms with Crippen molar-refractivity contribution in [3.63, 3.8) is 0 Å². The fourth-order valence-corrected chi connectivity index (χ4v) is 3.29. The maximum absolute atomic E-state index is 13.6. The first-order valence-electron chi connectivity index (χ1n) is 7.62. The van der Waals surface area contributed by atoms with Crippen molar-refractivity contribution in [2.75, 3.05) is 18.4 Å². The van der Waals surface area contributed by atoms with E-state index < -0.39 is 5.82 Å². The van der Waals surface area contributed by atoms with E-state index in [2.05, 4.69) is 41.0 Å². The molecule has 1 N–H and O–H groups in total. The normalized spacial score (nSPS) is 20.0. The predicted octanol–water partition coefficient (Wildman–Crippen LogP) is 3.72. The van der Waals surface area contributed by atoms with Crippen molar-refractivity contribution in [3.05, 3.63) is 17.3 Å². The number of aromatic nitrogens is 2. The lowest BCUT2D eigenvalue weighted by Gasteiger charge is -2.40. The third-order valence-corrected chi connectivity index (χ3v) is 4.55. The summed E-state index contributed by atoms with van der Waals surface area (Å²) in [6.45, 7) is 8.57. The van der Waals surface area contributed by atoms with Gasteiger partial charge in [-0.05, 0) is 57.7 Å². The van der Waals surface area contributed by atoms with Crippen molar-refractivity contribution in [1.82, 2.24) is 14.9 Å². The third-order valence-electron chi connectivity index (χ3n) is 4.37. The fraction of sp³-hybridized carbons (Fsp3) is 0.733. The summed E-state index contributed by atoms with van der Waals surface area (Å²) in [6, 6.07) is 0.672. The maximum atomic E-state index is 13.6. The highest BCUT2D eigenvalue weighted by atomic mass is 35.5. The molecule has 21 heavy (non-hydrogen) atoms. The van der Waals surface area contributed by atoms with Crippen LogP contribution in [-0.2, 0) is 0 Å². The van der Waals surface area contributed by atoms with Crippen molar-refractivity contribution < 1.29 is 4.39 Å². The van der Waals surface area contributed by atoms with Gasteiger partial charge in [0.2, 0.25) is 5.28 Å². The van der Waals surface area contributed by atoms with Gasteiger partial charge < -0.3 is 5.32 Å². The molecule has 0 spiro atoms. The molecule has 1 aliphatic rings. The summed E-state index contributed by atoms with van der Waals surface area (Å²) in [5.74, 6) is -0.288. The smallest absolute Gasteiger partial charge is 0.224 e. The lowest BCUT2D eigenvalue weighted by Crippen LogP contribution is -2.47. The molecule has 1 aromatic heterocycles. The first-order chi connectivity index (χ1) is 9.94. The van der Waals surface area contributed by atoms with Gasteiger partial charge in [-0.25, -0.2) is 9.37 Å². The number of halogens is 2. The van der Waals surface area contributed by atoms with Gasteiger partial charge in [-0.1, -0.05) is 6.92 Å². The standard InChI is InChI=1S/C15H24ClFN4/c1-4-11-6-5-9-21(11)15(2,3)7-8-18-13-12(17)10-19-14(16)20-13/h10-11H,4-9H2,1-3H3,(H,18,19,20). The van der Waals surface area contributed by atoms with E-state index in [1.54, 1.807) is 0 Å². The topological polar surface area (TPSA) is 41.0 Å². The van der Waals surface area contributed by atoms with Gasteiger partial charge in [-0.3, -0.25) is 4.90 Å². The number of nitrogens with one attached hydrogen (secondary N) is 1. The second-order valence-electron chi connectivity index (χ2n) is 6.22. The molecule has 2 heterocycles. The Hall–Kier alpha value is -0.940. The molecule has 0 radical (unpaired) electrons. The Bertz CT molecular complexity index is 481. The zero-order chi connectivity index (χ0) is 15.5. The number of rotatable bonds is 6. The summed E-state index contributed by atoms with van der Waals surface area (Å²) in [4.78, 5) is 10.1. The van der Waals surface area contributed by atoms with Crippen LogP contribution in [0.3, 0.4) is 0 Å². The van der Waals surface area contributed by atoms with Crippen LogP contribution in [0.15, 0.2) is 6.20 Å². The average molecular weight is 315 g/mol. The minimum Gasteiger partial charge on any atom is -0.367 e. The molecule has 0 aromatic carbocycles. The van der Waals surface area contributed by atoms with E-state index in [0.717, 1.165) is 19.2 Å². The number of anilines is 1. The lowest BCUT2D eigenvalue weighted by atomic mass is 9.96. The molecule has 0 amide bonds. The number of likely N-dealkylation sites (tertiary alicyclic amines) is 1. The molecule has 4 nitrogen and oxygen atoms in total. The summed E-state index contributed by atoms with van der Waals surface area (Å²) in [5, 5.41) is 3.09. The first-order valence-corrected chi connectivity index (χ1v) is 8.00. The Kier molecular flexibility index (Phi) is 5.38. The van der Waals surface area contributed by atoms with E-state index in [9.17, 15) is 4.39 Å². The van der Waals surface area contributed by atoms with Gasteiger partial charge in [0.1, 0.15) is 0 Å². The van der Waals surface area contributed by atoms with Gasteiger partial charge in [-0.2, -0.15) is 4.98 Å². The highest BCUT2D eigenvalue weighted by Gasteiger charge is 2.34. The summed E-state index contributed by atoms with van der Waals surface area (Å²) in [5.41, 5.74) is 0.0947. The zero-order valence-electron chi connectivity index (χ0n) is 13.0. The van der Waals surface area contributed by atoms with Crippen molar-refractivity contribution in [3.8, 4) is 0 Å².